The summed E-state index contributed by atoms with van der Waals surface area (Å²) in [5, 5.41) is 9.68. The first kappa shape index (κ1) is 15.9. The summed E-state index contributed by atoms with van der Waals surface area (Å²) in [5.74, 6) is 0.537. The van der Waals surface area contributed by atoms with E-state index in [9.17, 15) is 4.79 Å². The van der Waals surface area contributed by atoms with Crippen LogP contribution in [0.4, 0.5) is 5.82 Å². The molecule has 2 aromatic heterocycles. The van der Waals surface area contributed by atoms with Gasteiger partial charge in [0.25, 0.3) is 0 Å². The Morgan fingerprint density at radius 1 is 1.25 bits per heavy atom. The molecule has 2 heterocycles. The molecule has 124 valence electrons. The first-order valence-corrected chi connectivity index (χ1v) is 7.70. The Hall–Kier alpha value is -3.02. The molecule has 3 aromatic rings. The van der Waals surface area contributed by atoms with Crippen LogP contribution in [0.25, 0.3) is 10.9 Å². The van der Waals surface area contributed by atoms with Crippen LogP contribution in [0.3, 0.4) is 0 Å². The zero-order chi connectivity index (χ0) is 16.9. The number of carboxylic acid groups (broad SMARTS) is 1. The van der Waals surface area contributed by atoms with Crippen molar-refractivity contribution in [3.05, 3.63) is 54.9 Å². The number of aliphatic carboxylic acids is 1. The average Bonchev–Trinajstić information content (AvgIpc) is 3.02. The van der Waals surface area contributed by atoms with E-state index in [0.29, 0.717) is 5.75 Å². The van der Waals surface area contributed by atoms with E-state index < -0.39 is 5.97 Å². The van der Waals surface area contributed by atoms with Gasteiger partial charge in [0.15, 0.2) is 6.61 Å². The fourth-order valence-corrected chi connectivity index (χ4v) is 2.61. The number of rotatable bonds is 7. The van der Waals surface area contributed by atoms with Gasteiger partial charge in [-0.1, -0.05) is 12.1 Å². The highest BCUT2D eigenvalue weighted by molar-refractivity contribution is 5.86. The number of nitrogens with zero attached hydrogens (tertiary/aromatic N) is 3. The molecule has 0 aliphatic rings. The van der Waals surface area contributed by atoms with Crippen LogP contribution in [0.2, 0.25) is 0 Å². The second-order valence-electron chi connectivity index (χ2n) is 5.49. The summed E-state index contributed by atoms with van der Waals surface area (Å²) < 4.78 is 7.48. The van der Waals surface area contributed by atoms with E-state index in [1.54, 1.807) is 12.3 Å². The lowest BCUT2D eigenvalue weighted by Crippen LogP contribution is -2.23. The van der Waals surface area contributed by atoms with Gasteiger partial charge in [-0.2, -0.15) is 0 Å². The first-order valence-electron chi connectivity index (χ1n) is 7.70. The number of benzene rings is 1. The van der Waals surface area contributed by atoms with Crippen LogP contribution in [0, 0.1) is 0 Å². The van der Waals surface area contributed by atoms with E-state index in [-0.39, 0.29) is 6.61 Å². The van der Waals surface area contributed by atoms with E-state index >= 15 is 0 Å². The lowest BCUT2D eigenvalue weighted by molar-refractivity contribution is -0.139. The molecule has 0 spiro atoms. The zero-order valence-electron chi connectivity index (χ0n) is 13.4. The summed E-state index contributed by atoms with van der Waals surface area (Å²) in [5.41, 5.74) is 1.02. The van der Waals surface area contributed by atoms with Crippen LogP contribution in [0.1, 0.15) is 0 Å². The van der Waals surface area contributed by atoms with Gasteiger partial charge < -0.3 is 19.3 Å². The predicted octanol–water partition coefficient (Wildman–Crippen LogP) is 2.64. The number of likely N-dealkylation sites (N-methyl/N-ethyl adjacent to an activating group) is 1. The second-order valence-corrected chi connectivity index (χ2v) is 5.49. The summed E-state index contributed by atoms with van der Waals surface area (Å²) in [6, 6.07) is 13.5. The molecule has 0 fully saturated rings. The molecule has 1 aromatic carbocycles. The molecule has 0 atom stereocenters. The molecule has 0 amide bonds. The minimum absolute atomic E-state index is 0.341. The highest BCUT2D eigenvalue weighted by Gasteiger charge is 2.09. The normalized spacial score (nSPS) is 10.7. The summed E-state index contributed by atoms with van der Waals surface area (Å²) in [7, 11) is 2.01. The third kappa shape index (κ3) is 3.48. The van der Waals surface area contributed by atoms with E-state index in [1.807, 2.05) is 49.6 Å². The monoisotopic (exact) mass is 325 g/mol. The zero-order valence-corrected chi connectivity index (χ0v) is 13.4. The minimum Gasteiger partial charge on any atom is -0.481 e. The van der Waals surface area contributed by atoms with Crippen molar-refractivity contribution >= 4 is 22.7 Å². The Kier molecular flexibility index (Phi) is 4.65. The van der Waals surface area contributed by atoms with Gasteiger partial charge in [-0.25, -0.2) is 9.78 Å². The molecule has 6 nitrogen and oxygen atoms in total. The van der Waals surface area contributed by atoms with Crippen molar-refractivity contribution in [2.24, 2.45) is 0 Å². The third-order valence-corrected chi connectivity index (χ3v) is 3.84. The smallest absolute Gasteiger partial charge is 0.341 e. The third-order valence-electron chi connectivity index (χ3n) is 3.84. The van der Waals surface area contributed by atoms with Gasteiger partial charge in [-0.3, -0.25) is 0 Å². The van der Waals surface area contributed by atoms with Gasteiger partial charge in [0.2, 0.25) is 0 Å². The highest BCUT2D eigenvalue weighted by Crippen LogP contribution is 2.26. The number of fused-ring (bicyclic) bond motifs is 1. The Balaban J connectivity index is 1.74. The molecule has 0 saturated carbocycles. The lowest BCUT2D eigenvalue weighted by atomic mass is 10.2. The van der Waals surface area contributed by atoms with Crippen molar-refractivity contribution in [1.82, 2.24) is 9.55 Å². The molecule has 0 aliphatic heterocycles. The predicted molar refractivity (Wildman–Crippen MR) is 92.6 cm³/mol. The molecule has 0 saturated heterocycles. The summed E-state index contributed by atoms with van der Waals surface area (Å²) in [6.45, 7) is 1.26. The SMILES string of the molecule is CN(CCn1ccc2c(OCC(=O)O)cccc21)c1ccccn1. The summed E-state index contributed by atoms with van der Waals surface area (Å²) >= 11 is 0. The quantitative estimate of drug-likeness (QED) is 0.723. The maximum atomic E-state index is 10.7. The fraction of sp³-hybridized carbons (Fsp3) is 0.222. The maximum absolute atomic E-state index is 10.7. The number of aromatic nitrogens is 2. The fourth-order valence-electron chi connectivity index (χ4n) is 2.61. The Labute approximate surface area is 139 Å². The molecule has 0 unspecified atom stereocenters. The minimum atomic E-state index is -0.983. The van der Waals surface area contributed by atoms with Gasteiger partial charge in [0.05, 0.1) is 5.52 Å². The van der Waals surface area contributed by atoms with Gasteiger partial charge >= 0.3 is 5.97 Å². The maximum Gasteiger partial charge on any atom is 0.341 e. The molecule has 0 radical (unpaired) electrons. The first-order chi connectivity index (χ1) is 11.6. The highest BCUT2D eigenvalue weighted by atomic mass is 16.5. The van der Waals surface area contributed by atoms with Crippen molar-refractivity contribution in [3.63, 3.8) is 0 Å². The number of anilines is 1. The van der Waals surface area contributed by atoms with Crippen molar-refractivity contribution in [2.75, 3.05) is 25.1 Å². The molecular formula is C18H19N3O3. The Morgan fingerprint density at radius 2 is 2.12 bits per heavy atom. The number of carbonyl (C=O) groups is 1. The summed E-state index contributed by atoms with van der Waals surface area (Å²) in [6.07, 6.45) is 3.77. The van der Waals surface area contributed by atoms with Crippen LogP contribution in [0.5, 0.6) is 5.75 Å². The van der Waals surface area contributed by atoms with Gasteiger partial charge in [-0.05, 0) is 30.3 Å². The van der Waals surface area contributed by atoms with Gasteiger partial charge in [0, 0.05) is 37.9 Å². The lowest BCUT2D eigenvalue weighted by Gasteiger charge is -2.18. The van der Waals surface area contributed by atoms with Crippen molar-refractivity contribution < 1.29 is 14.6 Å². The largest absolute Gasteiger partial charge is 0.481 e. The number of pyridine rings is 1. The average molecular weight is 325 g/mol. The van der Waals surface area contributed by atoms with E-state index in [0.717, 1.165) is 29.8 Å². The number of hydrogen-bond donors (Lipinski definition) is 1. The van der Waals surface area contributed by atoms with E-state index in [1.165, 1.54) is 0 Å². The number of carboxylic acids is 1. The van der Waals surface area contributed by atoms with Crippen LogP contribution >= 0.6 is 0 Å². The molecule has 0 bridgehead atoms. The standard InChI is InChI=1S/C18H19N3O3/c1-20(17-7-2-3-9-19-17)11-12-21-10-8-14-15(21)5-4-6-16(14)24-13-18(22)23/h2-10H,11-13H2,1H3,(H,22,23). The van der Waals surface area contributed by atoms with Crippen LogP contribution in [0.15, 0.2) is 54.9 Å². The van der Waals surface area contributed by atoms with Crippen LogP contribution in [-0.4, -0.2) is 40.8 Å². The van der Waals surface area contributed by atoms with Crippen molar-refractivity contribution in [1.29, 1.82) is 0 Å². The molecule has 6 heteroatoms. The molecular weight excluding hydrogens is 306 g/mol. The van der Waals surface area contributed by atoms with E-state index in [4.69, 9.17) is 9.84 Å². The van der Waals surface area contributed by atoms with Crippen molar-refractivity contribution in [3.8, 4) is 5.75 Å². The van der Waals surface area contributed by atoms with Gasteiger partial charge in [-0.15, -0.1) is 0 Å². The van der Waals surface area contributed by atoms with Crippen LogP contribution < -0.4 is 9.64 Å². The Bertz CT molecular complexity index is 830. The number of ether oxygens (including phenoxy) is 1. The second kappa shape index (κ2) is 7.04. The molecule has 3 rings (SSSR count). The topological polar surface area (TPSA) is 67.6 Å². The Morgan fingerprint density at radius 3 is 2.88 bits per heavy atom. The van der Waals surface area contributed by atoms with E-state index in [2.05, 4.69) is 14.5 Å². The molecule has 0 aliphatic carbocycles. The molecule has 1 N–H and O–H groups in total. The molecule has 24 heavy (non-hydrogen) atoms. The van der Waals surface area contributed by atoms with Crippen LogP contribution in [-0.2, 0) is 11.3 Å². The number of hydrogen-bond acceptors (Lipinski definition) is 4. The van der Waals surface area contributed by atoms with Gasteiger partial charge in [0.1, 0.15) is 11.6 Å². The summed E-state index contributed by atoms with van der Waals surface area (Å²) in [4.78, 5) is 17.1. The van der Waals surface area contributed by atoms with Crippen molar-refractivity contribution in [2.45, 2.75) is 6.54 Å².